The predicted octanol–water partition coefficient (Wildman–Crippen LogP) is 1.98. The summed E-state index contributed by atoms with van der Waals surface area (Å²) in [5.74, 6) is 0.00533. The molecule has 0 aromatic carbocycles. The highest BCUT2D eigenvalue weighted by atomic mass is 32.1. The number of nitrogen functional groups attached to an aromatic ring is 1. The van der Waals surface area contributed by atoms with Gasteiger partial charge in [0, 0.05) is 31.7 Å². The van der Waals surface area contributed by atoms with Crippen LogP contribution < -0.4 is 5.73 Å². The van der Waals surface area contributed by atoms with Crippen LogP contribution in [0.2, 0.25) is 0 Å². The lowest BCUT2D eigenvalue weighted by Crippen LogP contribution is -2.30. The van der Waals surface area contributed by atoms with Crippen LogP contribution in [0.3, 0.4) is 0 Å². The first-order valence-electron chi connectivity index (χ1n) is 5.77. The molecule has 0 bridgehead atoms. The summed E-state index contributed by atoms with van der Waals surface area (Å²) in [6.07, 6.45) is 2.64. The number of aromatic nitrogens is 1. The van der Waals surface area contributed by atoms with Crippen LogP contribution in [-0.4, -0.2) is 29.0 Å². The number of anilines is 1. The van der Waals surface area contributed by atoms with Crippen LogP contribution in [-0.2, 0) is 13.5 Å². The van der Waals surface area contributed by atoms with Crippen LogP contribution in [0.1, 0.15) is 15.4 Å². The maximum absolute atomic E-state index is 12.2. The Bertz CT molecular complexity index is 530. The van der Waals surface area contributed by atoms with Gasteiger partial charge in [0.25, 0.3) is 5.91 Å². The number of nitrogens with zero attached hydrogens (tertiary/aromatic N) is 2. The van der Waals surface area contributed by atoms with Crippen molar-refractivity contribution >= 4 is 22.9 Å². The average molecular weight is 263 g/mol. The molecule has 0 saturated heterocycles. The van der Waals surface area contributed by atoms with Crippen molar-refractivity contribution in [3.8, 4) is 0 Å². The lowest BCUT2D eigenvalue weighted by atomic mass is 10.3. The van der Waals surface area contributed by atoms with Crippen LogP contribution in [0.5, 0.6) is 0 Å². The first kappa shape index (κ1) is 12.7. The number of likely N-dealkylation sites (N-methyl/N-ethyl adjacent to an activating group) is 1. The number of amides is 1. The molecule has 1 amide bonds. The fourth-order valence-corrected chi connectivity index (χ4v) is 2.53. The van der Waals surface area contributed by atoms with Gasteiger partial charge in [-0.2, -0.15) is 0 Å². The van der Waals surface area contributed by atoms with Gasteiger partial charge in [0.15, 0.2) is 0 Å². The SMILES string of the molecule is CN(CCc1cccs1)C(=O)c1cc(N)cn1C. The molecule has 2 heterocycles. The van der Waals surface area contributed by atoms with Gasteiger partial charge in [-0.05, 0) is 23.9 Å². The molecule has 2 N–H and O–H groups in total. The Hall–Kier alpha value is -1.75. The third-order valence-electron chi connectivity index (χ3n) is 2.87. The fourth-order valence-electron chi connectivity index (χ4n) is 1.83. The topological polar surface area (TPSA) is 51.3 Å². The average Bonchev–Trinajstić information content (AvgIpc) is 2.94. The summed E-state index contributed by atoms with van der Waals surface area (Å²) in [4.78, 5) is 15.2. The van der Waals surface area contributed by atoms with E-state index in [0.717, 1.165) is 6.42 Å². The van der Waals surface area contributed by atoms with E-state index in [1.54, 1.807) is 33.1 Å². The summed E-state index contributed by atoms with van der Waals surface area (Å²) < 4.78 is 1.76. The Morgan fingerprint density at radius 1 is 1.56 bits per heavy atom. The Balaban J connectivity index is 1.98. The Morgan fingerprint density at radius 2 is 2.33 bits per heavy atom. The van der Waals surface area contributed by atoms with Crippen molar-refractivity contribution in [2.75, 3.05) is 19.3 Å². The van der Waals surface area contributed by atoms with Crippen molar-refractivity contribution in [3.63, 3.8) is 0 Å². The number of hydrogen-bond donors (Lipinski definition) is 1. The second-order valence-electron chi connectivity index (χ2n) is 4.33. The van der Waals surface area contributed by atoms with Gasteiger partial charge in [-0.15, -0.1) is 11.3 Å². The molecule has 0 radical (unpaired) electrons. The van der Waals surface area contributed by atoms with E-state index in [1.807, 2.05) is 20.2 Å². The Morgan fingerprint density at radius 3 is 2.89 bits per heavy atom. The lowest BCUT2D eigenvalue weighted by Gasteiger charge is -2.16. The van der Waals surface area contributed by atoms with E-state index in [0.29, 0.717) is 17.9 Å². The second-order valence-corrected chi connectivity index (χ2v) is 5.36. The van der Waals surface area contributed by atoms with E-state index in [4.69, 9.17) is 5.73 Å². The van der Waals surface area contributed by atoms with Crippen molar-refractivity contribution in [2.24, 2.45) is 7.05 Å². The maximum Gasteiger partial charge on any atom is 0.270 e. The molecule has 4 nitrogen and oxygen atoms in total. The van der Waals surface area contributed by atoms with Crippen molar-refractivity contribution in [1.82, 2.24) is 9.47 Å². The molecule has 0 saturated carbocycles. The molecule has 18 heavy (non-hydrogen) atoms. The van der Waals surface area contributed by atoms with Gasteiger partial charge >= 0.3 is 0 Å². The molecule has 2 aromatic heterocycles. The number of aryl methyl sites for hydroxylation is 1. The third-order valence-corrected chi connectivity index (χ3v) is 3.80. The zero-order valence-corrected chi connectivity index (χ0v) is 11.4. The van der Waals surface area contributed by atoms with Crippen molar-refractivity contribution in [3.05, 3.63) is 40.3 Å². The second kappa shape index (κ2) is 5.27. The molecular formula is C13H17N3OS. The van der Waals surface area contributed by atoms with Crippen LogP contribution in [0, 0.1) is 0 Å². The van der Waals surface area contributed by atoms with Gasteiger partial charge in [-0.1, -0.05) is 6.07 Å². The lowest BCUT2D eigenvalue weighted by molar-refractivity contribution is 0.0787. The smallest absolute Gasteiger partial charge is 0.270 e. The number of thiophene rings is 1. The van der Waals surface area contributed by atoms with E-state index in [1.165, 1.54) is 4.88 Å². The highest BCUT2D eigenvalue weighted by molar-refractivity contribution is 7.09. The van der Waals surface area contributed by atoms with E-state index in [9.17, 15) is 4.79 Å². The molecule has 0 atom stereocenters. The van der Waals surface area contributed by atoms with Crippen molar-refractivity contribution in [2.45, 2.75) is 6.42 Å². The summed E-state index contributed by atoms with van der Waals surface area (Å²) in [6, 6.07) is 5.83. The predicted molar refractivity (Wildman–Crippen MR) is 74.8 cm³/mol. The van der Waals surface area contributed by atoms with Gasteiger partial charge in [-0.3, -0.25) is 4.79 Å². The van der Waals surface area contributed by atoms with Gasteiger partial charge in [0.2, 0.25) is 0 Å². The zero-order valence-electron chi connectivity index (χ0n) is 10.6. The van der Waals surface area contributed by atoms with E-state index in [-0.39, 0.29) is 5.91 Å². The standard InChI is InChI=1S/C13H17N3OS/c1-15(6-5-11-4-3-7-18-11)13(17)12-8-10(14)9-16(12)2/h3-4,7-9H,5-6,14H2,1-2H3. The zero-order chi connectivity index (χ0) is 13.1. The molecule has 0 aliphatic carbocycles. The molecule has 0 spiro atoms. The van der Waals surface area contributed by atoms with Crippen molar-refractivity contribution < 1.29 is 4.79 Å². The largest absolute Gasteiger partial charge is 0.397 e. The molecule has 0 fully saturated rings. The minimum atomic E-state index is 0.00533. The third kappa shape index (κ3) is 2.73. The fraction of sp³-hybridized carbons (Fsp3) is 0.308. The van der Waals surface area contributed by atoms with E-state index < -0.39 is 0 Å². The highest BCUT2D eigenvalue weighted by Gasteiger charge is 2.15. The summed E-state index contributed by atoms with van der Waals surface area (Å²) in [5, 5.41) is 2.05. The Labute approximate surface area is 111 Å². The summed E-state index contributed by atoms with van der Waals surface area (Å²) in [7, 11) is 3.65. The van der Waals surface area contributed by atoms with Crippen LogP contribution >= 0.6 is 11.3 Å². The summed E-state index contributed by atoms with van der Waals surface area (Å²) in [5.41, 5.74) is 6.92. The molecule has 0 unspecified atom stereocenters. The maximum atomic E-state index is 12.2. The van der Waals surface area contributed by atoms with E-state index in [2.05, 4.69) is 11.4 Å². The van der Waals surface area contributed by atoms with Gasteiger partial charge in [-0.25, -0.2) is 0 Å². The van der Waals surface area contributed by atoms with Crippen LogP contribution in [0.15, 0.2) is 29.8 Å². The summed E-state index contributed by atoms with van der Waals surface area (Å²) in [6.45, 7) is 0.713. The first-order valence-corrected chi connectivity index (χ1v) is 6.65. The number of nitrogens with two attached hydrogens (primary N) is 1. The number of hydrogen-bond acceptors (Lipinski definition) is 3. The number of carbonyl (C=O) groups is 1. The molecule has 5 heteroatoms. The molecule has 0 aliphatic rings. The first-order chi connectivity index (χ1) is 8.58. The highest BCUT2D eigenvalue weighted by Crippen LogP contribution is 2.13. The molecular weight excluding hydrogens is 246 g/mol. The molecule has 2 rings (SSSR count). The molecule has 0 aliphatic heterocycles. The van der Waals surface area contributed by atoms with Crippen LogP contribution in [0.25, 0.3) is 0 Å². The van der Waals surface area contributed by atoms with Gasteiger partial charge < -0.3 is 15.2 Å². The quantitative estimate of drug-likeness (QED) is 0.917. The summed E-state index contributed by atoms with van der Waals surface area (Å²) >= 11 is 1.72. The Kier molecular flexibility index (Phi) is 3.72. The van der Waals surface area contributed by atoms with E-state index >= 15 is 0 Å². The molecule has 2 aromatic rings. The number of carbonyl (C=O) groups excluding carboxylic acids is 1. The minimum Gasteiger partial charge on any atom is -0.397 e. The minimum absolute atomic E-state index is 0.00533. The monoisotopic (exact) mass is 263 g/mol. The van der Waals surface area contributed by atoms with Gasteiger partial charge in [0.1, 0.15) is 5.69 Å². The normalized spacial score (nSPS) is 10.6. The molecule has 96 valence electrons. The number of rotatable bonds is 4. The van der Waals surface area contributed by atoms with Gasteiger partial charge in [0.05, 0.1) is 5.69 Å². The van der Waals surface area contributed by atoms with Crippen LogP contribution in [0.4, 0.5) is 5.69 Å². The van der Waals surface area contributed by atoms with Crippen molar-refractivity contribution in [1.29, 1.82) is 0 Å².